The van der Waals surface area contributed by atoms with E-state index in [9.17, 15) is 4.79 Å². The van der Waals surface area contributed by atoms with E-state index in [1.54, 1.807) is 15.6 Å². The van der Waals surface area contributed by atoms with Crippen LogP contribution in [-0.2, 0) is 7.05 Å². The van der Waals surface area contributed by atoms with Gasteiger partial charge in [0.15, 0.2) is 5.69 Å². The largest absolute Gasteiger partial charge is 0.392 e. The van der Waals surface area contributed by atoms with Crippen molar-refractivity contribution in [2.24, 2.45) is 12.8 Å². The third-order valence-electron chi connectivity index (χ3n) is 2.46. The standard InChI is InChI=1S/C11H18N4OS/c1-4-5-15(7-10(12)17)11(16)9-6-8(2)14(3)13-9/h6H,4-5,7H2,1-3H3,(H2,12,17). The number of thiocarbonyl (C=S) groups is 1. The van der Waals surface area contributed by atoms with Crippen LogP contribution in [0, 0.1) is 6.92 Å². The van der Waals surface area contributed by atoms with Crippen LogP contribution in [0.2, 0.25) is 0 Å². The van der Waals surface area contributed by atoms with E-state index in [-0.39, 0.29) is 5.91 Å². The van der Waals surface area contributed by atoms with E-state index in [0.717, 1.165) is 12.1 Å². The molecular formula is C11H18N4OS. The molecule has 94 valence electrons. The minimum absolute atomic E-state index is 0.122. The lowest BCUT2D eigenvalue weighted by Gasteiger charge is -2.20. The summed E-state index contributed by atoms with van der Waals surface area (Å²) < 4.78 is 1.68. The van der Waals surface area contributed by atoms with Gasteiger partial charge in [0.05, 0.1) is 11.5 Å². The molecule has 1 aromatic heterocycles. The van der Waals surface area contributed by atoms with Crippen molar-refractivity contribution < 1.29 is 4.79 Å². The highest BCUT2D eigenvalue weighted by Crippen LogP contribution is 2.06. The molecule has 1 amide bonds. The molecule has 0 saturated carbocycles. The van der Waals surface area contributed by atoms with Crippen molar-refractivity contribution in [1.29, 1.82) is 0 Å². The fourth-order valence-electron chi connectivity index (χ4n) is 1.54. The van der Waals surface area contributed by atoms with Gasteiger partial charge in [-0.15, -0.1) is 0 Å². The molecular weight excluding hydrogens is 236 g/mol. The van der Waals surface area contributed by atoms with Crippen molar-refractivity contribution in [3.05, 3.63) is 17.5 Å². The molecule has 1 heterocycles. The van der Waals surface area contributed by atoms with Crippen LogP contribution in [0.5, 0.6) is 0 Å². The Kier molecular flexibility index (Phi) is 4.62. The Morgan fingerprint density at radius 2 is 2.29 bits per heavy atom. The Labute approximate surface area is 107 Å². The molecule has 1 aromatic rings. The normalized spacial score (nSPS) is 10.3. The first-order chi connectivity index (χ1) is 7.95. The number of nitrogens with zero attached hydrogens (tertiary/aromatic N) is 3. The van der Waals surface area contributed by atoms with Gasteiger partial charge < -0.3 is 10.6 Å². The number of hydrogen-bond donors (Lipinski definition) is 1. The number of carbonyl (C=O) groups excluding carboxylic acids is 1. The summed E-state index contributed by atoms with van der Waals surface area (Å²) in [4.78, 5) is 14.1. The van der Waals surface area contributed by atoms with Crippen LogP contribution >= 0.6 is 12.2 Å². The van der Waals surface area contributed by atoms with Crippen molar-refractivity contribution in [3.8, 4) is 0 Å². The fourth-order valence-corrected chi connectivity index (χ4v) is 1.69. The third kappa shape index (κ3) is 3.52. The van der Waals surface area contributed by atoms with Crippen LogP contribution in [0.25, 0.3) is 0 Å². The Morgan fingerprint density at radius 1 is 1.65 bits per heavy atom. The molecule has 0 aliphatic rings. The Morgan fingerprint density at radius 3 is 2.71 bits per heavy atom. The SMILES string of the molecule is CCCN(CC(N)=S)C(=O)c1cc(C)n(C)n1. The summed E-state index contributed by atoms with van der Waals surface area (Å²) >= 11 is 4.84. The molecule has 0 atom stereocenters. The smallest absolute Gasteiger partial charge is 0.274 e. The zero-order chi connectivity index (χ0) is 13.0. The van der Waals surface area contributed by atoms with Gasteiger partial charge in [-0.25, -0.2) is 0 Å². The third-order valence-corrected chi connectivity index (χ3v) is 2.59. The predicted molar refractivity (Wildman–Crippen MR) is 70.9 cm³/mol. The minimum Gasteiger partial charge on any atom is -0.392 e. The van der Waals surface area contributed by atoms with Gasteiger partial charge in [0.25, 0.3) is 5.91 Å². The van der Waals surface area contributed by atoms with Crippen LogP contribution in [-0.4, -0.2) is 38.7 Å². The average molecular weight is 254 g/mol. The zero-order valence-corrected chi connectivity index (χ0v) is 11.3. The molecule has 0 aliphatic heterocycles. The van der Waals surface area contributed by atoms with Gasteiger partial charge in [0.1, 0.15) is 0 Å². The second-order valence-electron chi connectivity index (χ2n) is 3.99. The summed E-state index contributed by atoms with van der Waals surface area (Å²) in [6.07, 6.45) is 0.861. The molecule has 0 unspecified atom stereocenters. The van der Waals surface area contributed by atoms with Crippen molar-refractivity contribution >= 4 is 23.1 Å². The maximum atomic E-state index is 12.2. The first-order valence-electron chi connectivity index (χ1n) is 5.54. The highest BCUT2D eigenvalue weighted by Gasteiger charge is 2.18. The average Bonchev–Trinajstić information content (AvgIpc) is 2.57. The first-order valence-corrected chi connectivity index (χ1v) is 5.94. The van der Waals surface area contributed by atoms with E-state index >= 15 is 0 Å². The van der Waals surface area contributed by atoms with Gasteiger partial charge in [-0.05, 0) is 19.4 Å². The lowest BCUT2D eigenvalue weighted by molar-refractivity contribution is 0.0773. The van der Waals surface area contributed by atoms with E-state index in [0.29, 0.717) is 23.8 Å². The molecule has 5 nitrogen and oxygen atoms in total. The highest BCUT2D eigenvalue weighted by molar-refractivity contribution is 7.80. The fraction of sp³-hybridized carbons (Fsp3) is 0.545. The summed E-state index contributed by atoms with van der Waals surface area (Å²) in [5.74, 6) is -0.122. The van der Waals surface area contributed by atoms with E-state index in [4.69, 9.17) is 18.0 Å². The molecule has 0 spiro atoms. The first kappa shape index (κ1) is 13.6. The monoisotopic (exact) mass is 254 g/mol. The Bertz CT molecular complexity index is 408. The summed E-state index contributed by atoms with van der Waals surface area (Å²) in [5.41, 5.74) is 6.87. The molecule has 0 aliphatic carbocycles. The summed E-state index contributed by atoms with van der Waals surface area (Å²) in [6.45, 7) is 4.84. The maximum absolute atomic E-state index is 12.2. The zero-order valence-electron chi connectivity index (χ0n) is 10.4. The number of hydrogen-bond acceptors (Lipinski definition) is 3. The maximum Gasteiger partial charge on any atom is 0.274 e. The van der Waals surface area contributed by atoms with Gasteiger partial charge in [-0.3, -0.25) is 9.48 Å². The summed E-state index contributed by atoms with van der Waals surface area (Å²) in [7, 11) is 1.81. The van der Waals surface area contributed by atoms with Crippen molar-refractivity contribution in [2.75, 3.05) is 13.1 Å². The van der Waals surface area contributed by atoms with Crippen molar-refractivity contribution in [1.82, 2.24) is 14.7 Å². The number of amides is 1. The summed E-state index contributed by atoms with van der Waals surface area (Å²) in [5, 5.41) is 4.16. The lowest BCUT2D eigenvalue weighted by atomic mass is 10.3. The molecule has 0 bridgehead atoms. The van der Waals surface area contributed by atoms with Gasteiger partial charge in [0.2, 0.25) is 0 Å². The van der Waals surface area contributed by atoms with Gasteiger partial charge in [0, 0.05) is 19.3 Å². The lowest BCUT2D eigenvalue weighted by Crippen LogP contribution is -2.38. The predicted octanol–water partition coefficient (Wildman–Crippen LogP) is 0.867. The van der Waals surface area contributed by atoms with Crippen LogP contribution in [0.15, 0.2) is 6.07 Å². The quantitative estimate of drug-likeness (QED) is 0.792. The number of aryl methyl sites for hydroxylation is 2. The second-order valence-corrected chi connectivity index (χ2v) is 4.51. The van der Waals surface area contributed by atoms with Gasteiger partial charge >= 0.3 is 0 Å². The van der Waals surface area contributed by atoms with E-state index in [2.05, 4.69) is 5.10 Å². The van der Waals surface area contributed by atoms with E-state index < -0.39 is 0 Å². The van der Waals surface area contributed by atoms with Gasteiger partial charge in [-0.1, -0.05) is 19.1 Å². The van der Waals surface area contributed by atoms with Gasteiger partial charge in [-0.2, -0.15) is 5.10 Å². The van der Waals surface area contributed by atoms with E-state index in [1.807, 2.05) is 20.9 Å². The van der Waals surface area contributed by atoms with Crippen molar-refractivity contribution in [2.45, 2.75) is 20.3 Å². The van der Waals surface area contributed by atoms with Crippen LogP contribution in [0.1, 0.15) is 29.5 Å². The topological polar surface area (TPSA) is 64.2 Å². The van der Waals surface area contributed by atoms with Crippen LogP contribution in [0.4, 0.5) is 0 Å². The molecule has 6 heteroatoms. The molecule has 17 heavy (non-hydrogen) atoms. The molecule has 0 fully saturated rings. The van der Waals surface area contributed by atoms with Crippen LogP contribution < -0.4 is 5.73 Å². The molecule has 2 N–H and O–H groups in total. The highest BCUT2D eigenvalue weighted by atomic mass is 32.1. The van der Waals surface area contributed by atoms with Crippen LogP contribution in [0.3, 0.4) is 0 Å². The number of rotatable bonds is 5. The van der Waals surface area contributed by atoms with Crippen molar-refractivity contribution in [3.63, 3.8) is 0 Å². The molecule has 0 aromatic carbocycles. The number of carbonyl (C=O) groups is 1. The Balaban J connectivity index is 2.87. The number of nitrogens with two attached hydrogens (primary N) is 1. The molecule has 0 saturated heterocycles. The molecule has 0 radical (unpaired) electrons. The van der Waals surface area contributed by atoms with E-state index in [1.165, 1.54) is 0 Å². The second kappa shape index (κ2) is 5.77. The molecule has 1 rings (SSSR count). The Hall–Kier alpha value is -1.43. The summed E-state index contributed by atoms with van der Waals surface area (Å²) in [6, 6.07) is 1.77. The number of aromatic nitrogens is 2. The minimum atomic E-state index is -0.122.